The lowest BCUT2D eigenvalue weighted by Crippen LogP contribution is -2.23. The van der Waals surface area contributed by atoms with Crippen molar-refractivity contribution in [3.8, 4) is 5.75 Å². The molecule has 1 aromatic rings. The maximum absolute atomic E-state index is 13.2. The molecule has 0 unspecified atom stereocenters. The number of halogens is 6. The summed E-state index contributed by atoms with van der Waals surface area (Å²) in [5, 5.41) is 0. The summed E-state index contributed by atoms with van der Waals surface area (Å²) in [4.78, 5) is 11.4. The Bertz CT molecular complexity index is 597. The molecule has 0 aliphatic carbocycles. The van der Waals surface area contributed by atoms with Crippen molar-refractivity contribution in [1.29, 1.82) is 0 Å². The Morgan fingerprint density at radius 3 is 2.17 bits per heavy atom. The first-order chi connectivity index (χ1) is 10.9. The maximum atomic E-state index is 13.2. The van der Waals surface area contributed by atoms with Gasteiger partial charge in [-0.2, -0.15) is 26.3 Å². The molecule has 0 radical (unpaired) electrons. The second-order valence-electron chi connectivity index (χ2n) is 4.75. The lowest BCUT2D eigenvalue weighted by atomic mass is 9.94. The van der Waals surface area contributed by atoms with Gasteiger partial charge in [-0.1, -0.05) is 0 Å². The number of carbonyl (C=O) groups excluding carboxylic acids is 1. The van der Waals surface area contributed by atoms with E-state index in [0.717, 1.165) is 7.11 Å². The highest BCUT2D eigenvalue weighted by Crippen LogP contribution is 2.43. The molecule has 0 aliphatic rings. The topological polar surface area (TPSA) is 61.5 Å². The molecule has 10 heteroatoms. The normalized spacial score (nSPS) is 13.5. The Morgan fingerprint density at radius 2 is 1.75 bits per heavy atom. The van der Waals surface area contributed by atoms with Crippen LogP contribution < -0.4 is 10.5 Å². The molecule has 0 aromatic heterocycles. The molecule has 1 atom stereocenters. The predicted molar refractivity (Wildman–Crippen MR) is 71.2 cm³/mol. The fraction of sp³-hybridized carbons (Fsp3) is 0.500. The van der Waals surface area contributed by atoms with E-state index in [4.69, 9.17) is 5.73 Å². The van der Waals surface area contributed by atoms with E-state index in [1.807, 2.05) is 0 Å². The highest BCUT2D eigenvalue weighted by atomic mass is 19.4. The van der Waals surface area contributed by atoms with E-state index in [0.29, 0.717) is 6.07 Å². The maximum Gasteiger partial charge on any atom is 0.416 e. The number of alkyl halides is 6. The first-order valence-electron chi connectivity index (χ1n) is 6.69. The van der Waals surface area contributed by atoms with Gasteiger partial charge in [0.05, 0.1) is 31.3 Å². The number of hydrogen-bond donors (Lipinski definition) is 1. The molecule has 0 saturated carbocycles. The minimum absolute atomic E-state index is 0.0121. The molecule has 1 aromatic carbocycles. The van der Waals surface area contributed by atoms with Crippen molar-refractivity contribution in [2.24, 2.45) is 5.73 Å². The lowest BCUT2D eigenvalue weighted by molar-refractivity contribution is -0.146. The Balaban J connectivity index is 3.48. The third-order valence-electron chi connectivity index (χ3n) is 3.06. The average molecular weight is 359 g/mol. The summed E-state index contributed by atoms with van der Waals surface area (Å²) in [5.41, 5.74) is 1.73. The molecule has 0 bridgehead atoms. The van der Waals surface area contributed by atoms with Crippen LogP contribution in [-0.2, 0) is 21.9 Å². The van der Waals surface area contributed by atoms with Crippen LogP contribution in [0.15, 0.2) is 12.1 Å². The van der Waals surface area contributed by atoms with Gasteiger partial charge in [0.2, 0.25) is 0 Å². The van der Waals surface area contributed by atoms with Crippen LogP contribution >= 0.6 is 0 Å². The van der Waals surface area contributed by atoms with Crippen LogP contribution in [-0.4, -0.2) is 19.7 Å². The van der Waals surface area contributed by atoms with E-state index >= 15 is 0 Å². The number of benzene rings is 1. The molecule has 0 spiro atoms. The van der Waals surface area contributed by atoms with Gasteiger partial charge in [0.25, 0.3) is 0 Å². The van der Waals surface area contributed by atoms with Gasteiger partial charge in [-0.05, 0) is 19.1 Å². The van der Waals surface area contributed by atoms with Crippen LogP contribution in [0.1, 0.15) is 36.1 Å². The van der Waals surface area contributed by atoms with Gasteiger partial charge < -0.3 is 15.2 Å². The van der Waals surface area contributed by atoms with Crippen LogP contribution in [0, 0.1) is 0 Å². The highest BCUT2D eigenvalue weighted by Gasteiger charge is 2.41. The second-order valence-corrected chi connectivity index (χ2v) is 4.75. The third-order valence-corrected chi connectivity index (χ3v) is 3.06. The molecule has 0 saturated heterocycles. The van der Waals surface area contributed by atoms with Gasteiger partial charge in [0.15, 0.2) is 0 Å². The first kappa shape index (κ1) is 20.1. The summed E-state index contributed by atoms with van der Waals surface area (Å²) in [5.74, 6) is -1.57. The van der Waals surface area contributed by atoms with Crippen molar-refractivity contribution in [3.05, 3.63) is 28.8 Å². The van der Waals surface area contributed by atoms with E-state index < -0.39 is 53.2 Å². The lowest BCUT2D eigenvalue weighted by Gasteiger charge is -2.22. The molecule has 0 fully saturated rings. The molecule has 24 heavy (non-hydrogen) atoms. The van der Waals surface area contributed by atoms with Crippen molar-refractivity contribution < 1.29 is 40.6 Å². The standard InChI is InChI=1S/C14H15F6NO3/c1-3-24-11(22)6-9(21)12-8(14(18,19)20)4-7(13(15,16)17)5-10(12)23-2/h4-5,9H,3,6,21H2,1-2H3/t9-/m1/s1. The fourth-order valence-corrected chi connectivity index (χ4v) is 2.08. The minimum atomic E-state index is -5.11. The first-order valence-corrected chi connectivity index (χ1v) is 6.69. The molecule has 0 aliphatic heterocycles. The van der Waals surface area contributed by atoms with Gasteiger partial charge in [-0.15, -0.1) is 0 Å². The summed E-state index contributed by atoms with van der Waals surface area (Å²) in [6.07, 6.45) is -10.8. The summed E-state index contributed by atoms with van der Waals surface area (Å²) in [6, 6.07) is -1.18. The number of hydrogen-bond acceptors (Lipinski definition) is 4. The predicted octanol–water partition coefficient (Wildman–Crippen LogP) is 3.69. The quantitative estimate of drug-likeness (QED) is 0.644. The number of nitrogens with two attached hydrogens (primary N) is 1. The Morgan fingerprint density at radius 1 is 1.17 bits per heavy atom. The van der Waals surface area contributed by atoms with Gasteiger partial charge >= 0.3 is 18.3 Å². The summed E-state index contributed by atoms with van der Waals surface area (Å²) < 4.78 is 87.2. The van der Waals surface area contributed by atoms with Gasteiger partial charge in [0, 0.05) is 11.6 Å². The second kappa shape index (κ2) is 7.29. The monoisotopic (exact) mass is 359 g/mol. The van der Waals surface area contributed by atoms with E-state index in [1.165, 1.54) is 6.92 Å². The smallest absolute Gasteiger partial charge is 0.416 e. The molecule has 2 N–H and O–H groups in total. The number of esters is 1. The van der Waals surface area contributed by atoms with Crippen molar-refractivity contribution >= 4 is 5.97 Å². The van der Waals surface area contributed by atoms with Gasteiger partial charge in [-0.25, -0.2) is 0 Å². The van der Waals surface area contributed by atoms with Gasteiger partial charge in [-0.3, -0.25) is 4.79 Å². The zero-order valence-electron chi connectivity index (χ0n) is 12.7. The number of methoxy groups -OCH3 is 1. The molecule has 0 amide bonds. The summed E-state index contributed by atoms with van der Waals surface area (Å²) in [6.45, 7) is 1.48. The van der Waals surface area contributed by atoms with Crippen molar-refractivity contribution in [2.75, 3.05) is 13.7 Å². The zero-order chi connectivity index (χ0) is 18.7. The fourth-order valence-electron chi connectivity index (χ4n) is 2.08. The van der Waals surface area contributed by atoms with Crippen LogP contribution in [0.4, 0.5) is 26.3 Å². The van der Waals surface area contributed by atoms with Crippen molar-refractivity contribution in [3.63, 3.8) is 0 Å². The van der Waals surface area contributed by atoms with Crippen molar-refractivity contribution in [2.45, 2.75) is 31.7 Å². The number of ether oxygens (including phenoxy) is 2. The zero-order valence-corrected chi connectivity index (χ0v) is 12.7. The Hall–Kier alpha value is -1.97. The molecule has 136 valence electrons. The number of rotatable bonds is 5. The van der Waals surface area contributed by atoms with Gasteiger partial charge in [0.1, 0.15) is 5.75 Å². The van der Waals surface area contributed by atoms with Crippen LogP contribution in [0.25, 0.3) is 0 Å². The molecule has 0 heterocycles. The summed E-state index contributed by atoms with van der Waals surface area (Å²) in [7, 11) is 0.913. The van der Waals surface area contributed by atoms with E-state index in [2.05, 4.69) is 9.47 Å². The molecule has 1 rings (SSSR count). The van der Waals surface area contributed by atoms with E-state index in [1.54, 1.807) is 0 Å². The molecular weight excluding hydrogens is 344 g/mol. The minimum Gasteiger partial charge on any atom is -0.496 e. The summed E-state index contributed by atoms with van der Waals surface area (Å²) >= 11 is 0. The highest BCUT2D eigenvalue weighted by molar-refractivity contribution is 5.71. The largest absolute Gasteiger partial charge is 0.496 e. The van der Waals surface area contributed by atoms with Crippen LogP contribution in [0.3, 0.4) is 0 Å². The Kier molecular flexibility index (Phi) is 6.09. The van der Waals surface area contributed by atoms with Crippen LogP contribution in [0.5, 0.6) is 5.75 Å². The van der Waals surface area contributed by atoms with Crippen LogP contribution in [0.2, 0.25) is 0 Å². The molecule has 4 nitrogen and oxygen atoms in total. The Labute approximate surface area is 133 Å². The average Bonchev–Trinajstić information content (AvgIpc) is 2.43. The molecular formula is C14H15F6NO3. The number of carbonyl (C=O) groups is 1. The van der Waals surface area contributed by atoms with E-state index in [9.17, 15) is 31.1 Å². The SMILES string of the molecule is CCOC(=O)C[C@@H](N)c1c(OC)cc(C(F)(F)F)cc1C(F)(F)F. The third kappa shape index (κ3) is 4.76. The van der Waals surface area contributed by atoms with Crippen molar-refractivity contribution in [1.82, 2.24) is 0 Å². The van der Waals surface area contributed by atoms with E-state index in [-0.39, 0.29) is 12.7 Å².